The molecular formula is C11H14BrNO4. The maximum atomic E-state index is 11.7. The number of carbonyl (C=O) groups is 1. The summed E-state index contributed by atoms with van der Waals surface area (Å²) in [5.74, 6) is -0.214. The van der Waals surface area contributed by atoms with Gasteiger partial charge in [0.25, 0.3) is 5.91 Å². The Kier molecular flexibility index (Phi) is 3.86. The lowest BCUT2D eigenvalue weighted by Gasteiger charge is -2.10. The monoisotopic (exact) mass is 303 g/mol. The molecule has 0 unspecified atom stereocenters. The number of halogens is 1. The van der Waals surface area contributed by atoms with Crippen LogP contribution in [0.2, 0.25) is 0 Å². The van der Waals surface area contributed by atoms with Crippen LogP contribution in [0.5, 0.6) is 0 Å². The van der Waals surface area contributed by atoms with E-state index in [0.717, 1.165) is 0 Å². The van der Waals surface area contributed by atoms with Crippen molar-refractivity contribution < 1.29 is 19.4 Å². The van der Waals surface area contributed by atoms with Gasteiger partial charge in [0.1, 0.15) is 0 Å². The average molecular weight is 304 g/mol. The molecule has 94 valence electrons. The zero-order valence-electron chi connectivity index (χ0n) is 9.10. The number of hydrogen-bond acceptors (Lipinski definition) is 4. The van der Waals surface area contributed by atoms with Crippen molar-refractivity contribution in [1.29, 1.82) is 0 Å². The first-order chi connectivity index (χ1) is 8.10. The molecule has 0 spiro atoms. The number of nitrogens with one attached hydrogen (secondary N) is 1. The molecule has 3 N–H and O–H groups in total. The summed E-state index contributed by atoms with van der Waals surface area (Å²) >= 11 is 3.12. The molecule has 6 heteroatoms. The number of rotatable bonds is 3. The van der Waals surface area contributed by atoms with Gasteiger partial charge in [-0.05, 0) is 40.9 Å². The minimum atomic E-state index is -0.548. The molecule has 0 aliphatic heterocycles. The molecule has 1 aromatic rings. The van der Waals surface area contributed by atoms with Crippen LogP contribution in [-0.2, 0) is 0 Å². The fourth-order valence-electron chi connectivity index (χ4n) is 2.11. The van der Waals surface area contributed by atoms with E-state index in [9.17, 15) is 9.90 Å². The first-order valence-corrected chi connectivity index (χ1v) is 6.24. The van der Waals surface area contributed by atoms with Crippen molar-refractivity contribution in [1.82, 2.24) is 5.32 Å². The van der Waals surface area contributed by atoms with Gasteiger partial charge >= 0.3 is 0 Å². The maximum absolute atomic E-state index is 11.7. The van der Waals surface area contributed by atoms with E-state index in [2.05, 4.69) is 21.2 Å². The van der Waals surface area contributed by atoms with Gasteiger partial charge in [0.05, 0.1) is 6.10 Å². The van der Waals surface area contributed by atoms with Gasteiger partial charge in [0.2, 0.25) is 0 Å². The molecule has 0 radical (unpaired) electrons. The van der Waals surface area contributed by atoms with E-state index >= 15 is 0 Å². The highest BCUT2D eigenvalue weighted by molar-refractivity contribution is 9.10. The standard InChI is InChI=1S/C11H14BrNO4/c12-10-2-1-9(17-10)11(16)13-7-3-6(5-14)8(15)4-7/h1-2,6-8,14-15H,3-5H2,(H,13,16)/t6-,7+,8+/m0/s1. The Morgan fingerprint density at radius 3 is 2.82 bits per heavy atom. The van der Waals surface area contributed by atoms with E-state index in [1.54, 1.807) is 12.1 Å². The summed E-state index contributed by atoms with van der Waals surface area (Å²) in [6.07, 6.45) is 0.512. The van der Waals surface area contributed by atoms with Crippen molar-refractivity contribution >= 4 is 21.8 Å². The smallest absolute Gasteiger partial charge is 0.287 e. The summed E-state index contributed by atoms with van der Waals surface area (Å²) in [6, 6.07) is 3.11. The zero-order valence-corrected chi connectivity index (χ0v) is 10.7. The lowest BCUT2D eigenvalue weighted by Crippen LogP contribution is -2.33. The number of aliphatic hydroxyl groups excluding tert-OH is 2. The van der Waals surface area contributed by atoms with Crippen LogP contribution in [0.1, 0.15) is 23.4 Å². The van der Waals surface area contributed by atoms with Gasteiger partial charge < -0.3 is 19.9 Å². The molecule has 1 amide bonds. The summed E-state index contributed by atoms with van der Waals surface area (Å²) in [5.41, 5.74) is 0. The predicted molar refractivity (Wildman–Crippen MR) is 63.5 cm³/mol. The number of furan rings is 1. The fraction of sp³-hybridized carbons (Fsp3) is 0.545. The Labute approximate surface area is 107 Å². The molecule has 0 aromatic carbocycles. The highest BCUT2D eigenvalue weighted by atomic mass is 79.9. The summed E-state index contributed by atoms with van der Waals surface area (Å²) < 4.78 is 5.63. The van der Waals surface area contributed by atoms with Crippen molar-refractivity contribution in [2.45, 2.75) is 25.0 Å². The lowest BCUT2D eigenvalue weighted by molar-refractivity contribution is 0.0894. The summed E-state index contributed by atoms with van der Waals surface area (Å²) in [4.78, 5) is 11.7. The predicted octanol–water partition coefficient (Wildman–Crippen LogP) is 0.904. The van der Waals surface area contributed by atoms with E-state index in [1.165, 1.54) is 0 Å². The van der Waals surface area contributed by atoms with Crippen molar-refractivity contribution in [2.75, 3.05) is 6.61 Å². The SMILES string of the molecule is O=C(N[C@@H]1C[C@@H](CO)[C@H](O)C1)c1ccc(Br)o1. The molecule has 17 heavy (non-hydrogen) atoms. The van der Waals surface area contributed by atoms with Crippen molar-refractivity contribution in [2.24, 2.45) is 5.92 Å². The molecule has 3 atom stereocenters. The fourth-order valence-corrected chi connectivity index (χ4v) is 2.42. The average Bonchev–Trinajstić information content (AvgIpc) is 2.85. The Morgan fingerprint density at radius 1 is 1.53 bits per heavy atom. The van der Waals surface area contributed by atoms with Gasteiger partial charge in [-0.2, -0.15) is 0 Å². The molecule has 0 saturated heterocycles. The molecule has 1 fully saturated rings. The zero-order chi connectivity index (χ0) is 12.4. The van der Waals surface area contributed by atoms with E-state index < -0.39 is 6.10 Å². The number of hydrogen-bond donors (Lipinski definition) is 3. The summed E-state index contributed by atoms with van der Waals surface area (Å²) in [7, 11) is 0. The molecular weight excluding hydrogens is 290 g/mol. The van der Waals surface area contributed by atoms with Crippen molar-refractivity contribution in [3.63, 3.8) is 0 Å². The van der Waals surface area contributed by atoms with Crippen LogP contribution in [0.15, 0.2) is 21.2 Å². The second-order valence-corrected chi connectivity index (χ2v) is 5.04. The first-order valence-electron chi connectivity index (χ1n) is 5.45. The largest absolute Gasteiger partial charge is 0.444 e. The number of carbonyl (C=O) groups excluding carboxylic acids is 1. The summed E-state index contributed by atoms with van der Waals surface area (Å²) in [5, 5.41) is 21.4. The van der Waals surface area contributed by atoms with Crippen LogP contribution in [0.25, 0.3) is 0 Å². The van der Waals surface area contributed by atoms with Gasteiger partial charge in [-0.1, -0.05) is 0 Å². The lowest BCUT2D eigenvalue weighted by atomic mass is 10.1. The Morgan fingerprint density at radius 2 is 2.29 bits per heavy atom. The maximum Gasteiger partial charge on any atom is 0.287 e. The molecule has 1 aliphatic carbocycles. The Bertz CT molecular complexity index is 406. The molecule has 1 aromatic heterocycles. The van der Waals surface area contributed by atoms with Gasteiger partial charge in [0.15, 0.2) is 10.4 Å². The van der Waals surface area contributed by atoms with Gasteiger partial charge in [-0.25, -0.2) is 0 Å². The highest BCUT2D eigenvalue weighted by Gasteiger charge is 2.33. The van der Waals surface area contributed by atoms with E-state index in [4.69, 9.17) is 9.52 Å². The van der Waals surface area contributed by atoms with E-state index in [0.29, 0.717) is 17.5 Å². The normalized spacial score (nSPS) is 28.3. The highest BCUT2D eigenvalue weighted by Crippen LogP contribution is 2.26. The second kappa shape index (κ2) is 5.20. The van der Waals surface area contributed by atoms with Crippen LogP contribution in [0.3, 0.4) is 0 Å². The molecule has 1 saturated carbocycles. The van der Waals surface area contributed by atoms with Gasteiger partial charge in [0, 0.05) is 18.6 Å². The van der Waals surface area contributed by atoms with E-state index in [-0.39, 0.29) is 30.2 Å². The third kappa shape index (κ3) is 2.88. The molecule has 2 rings (SSSR count). The second-order valence-electron chi connectivity index (χ2n) is 4.26. The van der Waals surface area contributed by atoms with E-state index in [1.807, 2.05) is 0 Å². The first kappa shape index (κ1) is 12.6. The summed E-state index contributed by atoms with van der Waals surface area (Å²) in [6.45, 7) is -0.0557. The minimum absolute atomic E-state index is 0.0557. The Balaban J connectivity index is 1.92. The number of amides is 1. The number of aliphatic hydroxyl groups is 2. The molecule has 1 aliphatic rings. The third-order valence-electron chi connectivity index (χ3n) is 3.02. The van der Waals surface area contributed by atoms with Crippen LogP contribution < -0.4 is 5.32 Å². The topological polar surface area (TPSA) is 82.7 Å². The van der Waals surface area contributed by atoms with Crippen LogP contribution in [0.4, 0.5) is 0 Å². The molecule has 0 bridgehead atoms. The van der Waals surface area contributed by atoms with Gasteiger partial charge in [-0.3, -0.25) is 4.79 Å². The minimum Gasteiger partial charge on any atom is -0.444 e. The third-order valence-corrected chi connectivity index (χ3v) is 3.45. The van der Waals surface area contributed by atoms with Crippen LogP contribution in [0, 0.1) is 5.92 Å². The molecule has 5 nitrogen and oxygen atoms in total. The quantitative estimate of drug-likeness (QED) is 0.775. The van der Waals surface area contributed by atoms with Crippen molar-refractivity contribution in [3.05, 3.63) is 22.6 Å². The van der Waals surface area contributed by atoms with Crippen LogP contribution in [-0.4, -0.2) is 34.9 Å². The van der Waals surface area contributed by atoms with Crippen LogP contribution >= 0.6 is 15.9 Å². The Hall–Kier alpha value is -0.850. The van der Waals surface area contributed by atoms with Crippen molar-refractivity contribution in [3.8, 4) is 0 Å². The molecule has 1 heterocycles. The van der Waals surface area contributed by atoms with Gasteiger partial charge in [-0.15, -0.1) is 0 Å².